The van der Waals surface area contributed by atoms with Crippen LogP contribution in [0.25, 0.3) is 0 Å². The molecule has 2 aliphatic rings. The van der Waals surface area contributed by atoms with E-state index in [9.17, 15) is 9.59 Å². The molecule has 1 saturated heterocycles. The summed E-state index contributed by atoms with van der Waals surface area (Å²) in [5, 5.41) is 6.51. The minimum atomic E-state index is -0.238. The molecule has 0 radical (unpaired) electrons. The fourth-order valence-corrected chi connectivity index (χ4v) is 3.98. The smallest absolute Gasteiger partial charge is 0.232 e. The number of rotatable bonds is 4. The van der Waals surface area contributed by atoms with Crippen molar-refractivity contribution in [2.24, 2.45) is 11.3 Å². The highest BCUT2D eigenvalue weighted by molar-refractivity contribution is 5.96. The molecule has 3 rings (SSSR count). The molecular formula is C19H27N3O2. The van der Waals surface area contributed by atoms with E-state index < -0.39 is 0 Å². The van der Waals surface area contributed by atoms with Gasteiger partial charge in [-0.25, -0.2) is 0 Å². The lowest BCUT2D eigenvalue weighted by atomic mass is 9.67. The third kappa shape index (κ3) is 3.31. The van der Waals surface area contributed by atoms with Gasteiger partial charge in [-0.05, 0) is 43.0 Å². The normalized spacial score (nSPS) is 25.8. The summed E-state index contributed by atoms with van der Waals surface area (Å²) >= 11 is 0. The maximum atomic E-state index is 12.9. The van der Waals surface area contributed by atoms with Gasteiger partial charge >= 0.3 is 0 Å². The van der Waals surface area contributed by atoms with Crippen LogP contribution in [0.4, 0.5) is 5.69 Å². The van der Waals surface area contributed by atoms with Crippen LogP contribution in [0.2, 0.25) is 0 Å². The Bertz CT molecular complexity index is 612. The molecule has 1 aliphatic heterocycles. The van der Waals surface area contributed by atoms with E-state index in [1.165, 1.54) is 6.42 Å². The third-order valence-electron chi connectivity index (χ3n) is 5.56. The van der Waals surface area contributed by atoms with E-state index in [1.54, 1.807) is 19.0 Å². The number of nitrogens with one attached hydrogen (secondary N) is 2. The number of carbonyl (C=O) groups excluding carboxylic acids is 2. The molecule has 24 heavy (non-hydrogen) atoms. The van der Waals surface area contributed by atoms with Crippen molar-refractivity contribution in [3.8, 4) is 0 Å². The van der Waals surface area contributed by atoms with Crippen molar-refractivity contribution in [1.82, 2.24) is 10.2 Å². The molecule has 1 saturated carbocycles. The third-order valence-corrected chi connectivity index (χ3v) is 5.56. The van der Waals surface area contributed by atoms with Gasteiger partial charge in [-0.3, -0.25) is 9.59 Å². The molecule has 0 spiro atoms. The Hall–Kier alpha value is -1.88. The minimum absolute atomic E-state index is 0.0766. The van der Waals surface area contributed by atoms with Crippen LogP contribution in [-0.2, 0) is 16.0 Å². The van der Waals surface area contributed by atoms with Gasteiger partial charge in [0.05, 0.1) is 11.8 Å². The number of amides is 2. The van der Waals surface area contributed by atoms with Crippen molar-refractivity contribution in [2.45, 2.75) is 32.1 Å². The van der Waals surface area contributed by atoms with Crippen molar-refractivity contribution in [3.05, 3.63) is 29.8 Å². The topological polar surface area (TPSA) is 61.4 Å². The summed E-state index contributed by atoms with van der Waals surface area (Å²) in [7, 11) is 3.51. The summed E-state index contributed by atoms with van der Waals surface area (Å²) in [4.78, 5) is 26.3. The second-order valence-corrected chi connectivity index (χ2v) is 7.35. The molecule has 1 aliphatic carbocycles. The molecule has 0 bridgehead atoms. The van der Waals surface area contributed by atoms with E-state index >= 15 is 0 Å². The highest BCUT2D eigenvalue weighted by Gasteiger charge is 2.49. The number of nitrogens with zero attached hydrogens (tertiary/aromatic N) is 1. The largest absolute Gasteiger partial charge is 0.349 e. The molecule has 2 N–H and O–H groups in total. The fourth-order valence-electron chi connectivity index (χ4n) is 3.98. The van der Waals surface area contributed by atoms with Gasteiger partial charge in [0, 0.05) is 26.3 Å². The summed E-state index contributed by atoms with van der Waals surface area (Å²) < 4.78 is 0. The zero-order valence-corrected chi connectivity index (χ0v) is 14.6. The van der Waals surface area contributed by atoms with Gasteiger partial charge < -0.3 is 15.5 Å². The molecule has 1 aromatic rings. The van der Waals surface area contributed by atoms with Crippen LogP contribution < -0.4 is 10.6 Å². The van der Waals surface area contributed by atoms with E-state index in [0.717, 1.165) is 43.6 Å². The first-order valence-electron chi connectivity index (χ1n) is 8.82. The number of carbonyl (C=O) groups is 2. The van der Waals surface area contributed by atoms with E-state index in [1.807, 2.05) is 24.3 Å². The van der Waals surface area contributed by atoms with Crippen LogP contribution in [0.15, 0.2) is 24.3 Å². The Kier molecular flexibility index (Phi) is 4.90. The highest BCUT2D eigenvalue weighted by atomic mass is 16.2. The summed E-state index contributed by atoms with van der Waals surface area (Å²) in [5.74, 6) is 0.685. The summed E-state index contributed by atoms with van der Waals surface area (Å²) in [6.07, 6.45) is 4.88. The minimum Gasteiger partial charge on any atom is -0.349 e. The molecule has 5 heteroatoms. The van der Waals surface area contributed by atoms with E-state index in [-0.39, 0.29) is 17.2 Å². The number of fused-ring (bicyclic) bond motifs is 1. The quantitative estimate of drug-likeness (QED) is 0.888. The highest BCUT2D eigenvalue weighted by Crippen LogP contribution is 2.44. The van der Waals surface area contributed by atoms with Crippen molar-refractivity contribution in [2.75, 3.05) is 32.5 Å². The number of anilines is 1. The SMILES string of the molecule is CN(C)C(=O)Cc1ccc(NC(=O)[C@@]23CCCC[C@H]2CNC3)cc1. The Morgan fingerprint density at radius 2 is 2.00 bits per heavy atom. The first-order chi connectivity index (χ1) is 11.5. The zero-order chi connectivity index (χ0) is 17.2. The first-order valence-corrected chi connectivity index (χ1v) is 8.82. The maximum absolute atomic E-state index is 12.9. The Morgan fingerprint density at radius 3 is 2.71 bits per heavy atom. The molecule has 2 amide bonds. The number of benzene rings is 1. The molecule has 0 unspecified atom stereocenters. The summed E-state index contributed by atoms with van der Waals surface area (Å²) in [5.41, 5.74) is 1.53. The van der Waals surface area contributed by atoms with Gasteiger partial charge in [0.15, 0.2) is 0 Å². The molecule has 0 aromatic heterocycles. The van der Waals surface area contributed by atoms with Gasteiger partial charge in [0.1, 0.15) is 0 Å². The summed E-state index contributed by atoms with van der Waals surface area (Å²) in [6, 6.07) is 7.62. The van der Waals surface area contributed by atoms with Crippen molar-refractivity contribution in [1.29, 1.82) is 0 Å². The van der Waals surface area contributed by atoms with E-state index in [4.69, 9.17) is 0 Å². The van der Waals surface area contributed by atoms with Gasteiger partial charge in [-0.2, -0.15) is 0 Å². The van der Waals surface area contributed by atoms with Crippen LogP contribution in [0.3, 0.4) is 0 Å². The Morgan fingerprint density at radius 1 is 1.25 bits per heavy atom. The van der Waals surface area contributed by atoms with Gasteiger partial charge in [0.2, 0.25) is 11.8 Å². The molecule has 2 atom stereocenters. The van der Waals surface area contributed by atoms with Crippen LogP contribution >= 0.6 is 0 Å². The van der Waals surface area contributed by atoms with Crippen molar-refractivity contribution in [3.63, 3.8) is 0 Å². The van der Waals surface area contributed by atoms with Gasteiger partial charge in [-0.1, -0.05) is 25.0 Å². The average molecular weight is 329 g/mol. The molecule has 1 aromatic carbocycles. The molecule has 130 valence electrons. The lowest BCUT2D eigenvalue weighted by molar-refractivity contribution is -0.129. The monoisotopic (exact) mass is 329 g/mol. The number of hydrogen-bond acceptors (Lipinski definition) is 3. The molecule has 5 nitrogen and oxygen atoms in total. The number of hydrogen-bond donors (Lipinski definition) is 2. The van der Waals surface area contributed by atoms with Gasteiger partial charge in [-0.15, -0.1) is 0 Å². The predicted molar refractivity (Wildman–Crippen MR) is 94.7 cm³/mol. The standard InChI is InChI=1S/C19H27N3O2/c1-22(2)17(23)11-14-6-8-16(9-7-14)21-18(24)19-10-4-3-5-15(19)12-20-13-19/h6-9,15,20H,3-5,10-13H2,1-2H3,(H,21,24)/t15-,19+/m0/s1. The van der Waals surface area contributed by atoms with Crippen LogP contribution in [0, 0.1) is 11.3 Å². The average Bonchev–Trinajstić information content (AvgIpc) is 3.01. The van der Waals surface area contributed by atoms with Crippen molar-refractivity contribution < 1.29 is 9.59 Å². The second-order valence-electron chi connectivity index (χ2n) is 7.35. The fraction of sp³-hybridized carbons (Fsp3) is 0.579. The Balaban J connectivity index is 1.65. The van der Waals surface area contributed by atoms with Gasteiger partial charge in [0.25, 0.3) is 0 Å². The first kappa shape index (κ1) is 17.0. The lowest BCUT2D eigenvalue weighted by Crippen LogP contribution is -2.44. The van der Waals surface area contributed by atoms with Crippen molar-refractivity contribution >= 4 is 17.5 Å². The lowest BCUT2D eigenvalue weighted by Gasteiger charge is -2.37. The number of likely N-dealkylation sites (N-methyl/N-ethyl adjacent to an activating group) is 1. The second kappa shape index (κ2) is 6.93. The Labute approximate surface area is 143 Å². The molecule has 1 heterocycles. The maximum Gasteiger partial charge on any atom is 0.232 e. The van der Waals surface area contributed by atoms with Crippen LogP contribution in [0.1, 0.15) is 31.2 Å². The molecule has 2 fully saturated rings. The molecular weight excluding hydrogens is 302 g/mol. The van der Waals surface area contributed by atoms with Crippen LogP contribution in [0.5, 0.6) is 0 Å². The van der Waals surface area contributed by atoms with E-state index in [2.05, 4.69) is 10.6 Å². The predicted octanol–water partition coefficient (Wildman–Crippen LogP) is 2.04. The summed E-state index contributed by atoms with van der Waals surface area (Å²) in [6.45, 7) is 1.75. The zero-order valence-electron chi connectivity index (χ0n) is 14.6. The van der Waals surface area contributed by atoms with E-state index in [0.29, 0.717) is 12.3 Å². The van der Waals surface area contributed by atoms with Crippen LogP contribution in [-0.4, -0.2) is 43.9 Å².